The van der Waals surface area contributed by atoms with Gasteiger partial charge in [0.05, 0.1) is 0 Å². The van der Waals surface area contributed by atoms with E-state index in [0.717, 1.165) is 0 Å². The third-order valence-electron chi connectivity index (χ3n) is 10.2. The van der Waals surface area contributed by atoms with Crippen LogP contribution in [0.15, 0.2) is 164 Å². The molecule has 48 heavy (non-hydrogen) atoms. The molecule has 0 atom stereocenters. The topological polar surface area (TPSA) is 0 Å². The molecule has 9 aromatic carbocycles. The second-order valence-corrected chi connectivity index (χ2v) is 13.9. The highest BCUT2D eigenvalue weighted by molar-refractivity contribution is 7.25. The predicted molar refractivity (Wildman–Crippen MR) is 210 cm³/mol. The van der Waals surface area contributed by atoms with Gasteiger partial charge in [-0.05, 0) is 107 Å². The molecule has 10 aromatic rings. The molecule has 0 spiro atoms. The van der Waals surface area contributed by atoms with Crippen molar-refractivity contribution in [3.05, 3.63) is 169 Å². The molecule has 0 nitrogen and oxygen atoms in total. The van der Waals surface area contributed by atoms with Gasteiger partial charge in [-0.1, -0.05) is 146 Å². The molecule has 10 rings (SSSR count). The normalized spacial score (nSPS) is 11.9. The first-order chi connectivity index (χ1) is 23.7. The van der Waals surface area contributed by atoms with E-state index in [4.69, 9.17) is 0 Å². The number of fused-ring (bicyclic) bond motifs is 7. The Hall–Kier alpha value is -5.76. The van der Waals surface area contributed by atoms with Gasteiger partial charge in [-0.3, -0.25) is 0 Å². The fourth-order valence-corrected chi connectivity index (χ4v) is 9.23. The van der Waals surface area contributed by atoms with Gasteiger partial charge < -0.3 is 0 Å². The van der Waals surface area contributed by atoms with E-state index in [1.54, 1.807) is 0 Å². The molecular formula is C47H30S. The highest BCUT2D eigenvalue weighted by atomic mass is 32.1. The fraction of sp³-hybridized carbons (Fsp3) is 0.0213. The fourth-order valence-electron chi connectivity index (χ4n) is 8.10. The van der Waals surface area contributed by atoms with Crippen LogP contribution in [-0.2, 0) is 0 Å². The molecule has 1 aromatic heterocycles. The van der Waals surface area contributed by atoms with Crippen molar-refractivity contribution < 1.29 is 0 Å². The quantitative estimate of drug-likeness (QED) is 0.171. The largest absolute Gasteiger partial charge is 0.135 e. The lowest BCUT2D eigenvalue weighted by atomic mass is 9.86. The molecular weight excluding hydrogens is 597 g/mol. The van der Waals surface area contributed by atoms with Crippen molar-refractivity contribution in [2.45, 2.75) is 6.92 Å². The second-order valence-electron chi connectivity index (χ2n) is 12.8. The monoisotopic (exact) mass is 626 g/mol. The molecule has 1 heterocycles. The Morgan fingerprint density at radius 3 is 1.25 bits per heavy atom. The van der Waals surface area contributed by atoms with Gasteiger partial charge in [-0.15, -0.1) is 11.3 Å². The molecule has 0 saturated carbocycles. The van der Waals surface area contributed by atoms with Crippen LogP contribution in [0.2, 0.25) is 0 Å². The summed E-state index contributed by atoms with van der Waals surface area (Å²) >= 11 is 1.90. The zero-order valence-electron chi connectivity index (χ0n) is 26.5. The summed E-state index contributed by atoms with van der Waals surface area (Å²) in [6, 6.07) is 60.6. The molecule has 0 radical (unpaired) electrons. The summed E-state index contributed by atoms with van der Waals surface area (Å²) in [7, 11) is 0. The molecule has 0 bridgehead atoms. The van der Waals surface area contributed by atoms with Crippen LogP contribution in [0.3, 0.4) is 0 Å². The maximum atomic E-state index is 2.43. The molecule has 0 aliphatic rings. The lowest BCUT2D eigenvalue weighted by Crippen LogP contribution is -1.90. The van der Waals surface area contributed by atoms with Crippen LogP contribution < -0.4 is 0 Å². The van der Waals surface area contributed by atoms with Crippen LogP contribution in [-0.4, -0.2) is 0 Å². The number of hydrogen-bond acceptors (Lipinski definition) is 1. The molecule has 0 aliphatic carbocycles. The molecule has 0 unspecified atom stereocenters. The third-order valence-corrected chi connectivity index (χ3v) is 11.4. The van der Waals surface area contributed by atoms with Gasteiger partial charge in [0.25, 0.3) is 0 Å². The summed E-state index contributed by atoms with van der Waals surface area (Å²) in [6.07, 6.45) is 0. The van der Waals surface area contributed by atoms with Crippen molar-refractivity contribution in [3.8, 4) is 33.4 Å². The Kier molecular flexibility index (Phi) is 6.06. The van der Waals surface area contributed by atoms with E-state index < -0.39 is 0 Å². The number of rotatable bonds is 3. The van der Waals surface area contributed by atoms with E-state index in [2.05, 4.69) is 171 Å². The van der Waals surface area contributed by atoms with Crippen LogP contribution in [0, 0.1) is 6.92 Å². The number of hydrogen-bond donors (Lipinski definition) is 0. The minimum Gasteiger partial charge on any atom is -0.135 e. The van der Waals surface area contributed by atoms with Crippen molar-refractivity contribution >= 4 is 74.6 Å². The Labute approximate surface area is 283 Å². The Morgan fingerprint density at radius 1 is 0.292 bits per heavy atom. The van der Waals surface area contributed by atoms with Gasteiger partial charge in [-0.25, -0.2) is 0 Å². The number of thiophene rings is 1. The first-order valence-corrected chi connectivity index (χ1v) is 17.4. The molecule has 224 valence electrons. The molecule has 0 N–H and O–H groups in total. The van der Waals surface area contributed by atoms with Crippen LogP contribution in [0.25, 0.3) is 96.6 Å². The van der Waals surface area contributed by atoms with Gasteiger partial charge in [-0.2, -0.15) is 0 Å². The maximum Gasteiger partial charge on any atom is 0.0361 e. The minimum atomic E-state index is 1.25. The van der Waals surface area contributed by atoms with Crippen LogP contribution in [0.1, 0.15) is 5.56 Å². The molecule has 0 saturated heterocycles. The molecule has 0 fully saturated rings. The van der Waals surface area contributed by atoms with Gasteiger partial charge in [0.2, 0.25) is 0 Å². The summed E-state index contributed by atoms with van der Waals surface area (Å²) in [5.41, 5.74) is 9.05. The lowest BCUT2D eigenvalue weighted by molar-refractivity contribution is 1.58. The van der Waals surface area contributed by atoms with Crippen molar-refractivity contribution in [2.75, 3.05) is 0 Å². The van der Waals surface area contributed by atoms with Crippen LogP contribution in [0.5, 0.6) is 0 Å². The predicted octanol–water partition coefficient (Wildman–Crippen LogP) is 14.0. The van der Waals surface area contributed by atoms with Crippen LogP contribution >= 0.6 is 11.3 Å². The average Bonchev–Trinajstić information content (AvgIpc) is 3.51. The smallest absolute Gasteiger partial charge is 0.0361 e. The average molecular weight is 627 g/mol. The summed E-state index contributed by atoms with van der Waals surface area (Å²) in [6.45, 7) is 2.25. The van der Waals surface area contributed by atoms with Crippen molar-refractivity contribution in [1.82, 2.24) is 0 Å². The zero-order valence-corrected chi connectivity index (χ0v) is 27.3. The number of benzene rings is 9. The molecule has 1 heteroatoms. The van der Waals surface area contributed by atoms with E-state index in [1.165, 1.54) is 102 Å². The zero-order chi connectivity index (χ0) is 31.8. The summed E-state index contributed by atoms with van der Waals surface area (Å²) in [5.74, 6) is 0. The van der Waals surface area contributed by atoms with E-state index in [1.807, 2.05) is 11.3 Å². The highest BCUT2D eigenvalue weighted by Gasteiger charge is 2.18. The summed E-state index contributed by atoms with van der Waals surface area (Å²) in [4.78, 5) is 0. The van der Waals surface area contributed by atoms with Gasteiger partial charge in [0.15, 0.2) is 0 Å². The second kappa shape index (κ2) is 10.6. The lowest BCUT2D eigenvalue weighted by Gasteiger charge is -2.17. The summed E-state index contributed by atoms with van der Waals surface area (Å²) in [5, 5.41) is 13.1. The van der Waals surface area contributed by atoms with E-state index in [0.29, 0.717) is 0 Å². The van der Waals surface area contributed by atoms with Gasteiger partial charge in [0, 0.05) is 20.2 Å². The first-order valence-electron chi connectivity index (χ1n) is 16.6. The van der Waals surface area contributed by atoms with Crippen molar-refractivity contribution in [3.63, 3.8) is 0 Å². The Bertz CT molecular complexity index is 2780. The Balaban J connectivity index is 1.21. The van der Waals surface area contributed by atoms with E-state index >= 15 is 0 Å². The third kappa shape index (κ3) is 4.01. The van der Waals surface area contributed by atoms with Gasteiger partial charge in [0.1, 0.15) is 0 Å². The van der Waals surface area contributed by atoms with E-state index in [-0.39, 0.29) is 0 Å². The highest BCUT2D eigenvalue weighted by Crippen LogP contribution is 2.46. The number of aryl methyl sites for hydroxylation is 1. The van der Waals surface area contributed by atoms with E-state index in [9.17, 15) is 0 Å². The SMILES string of the molecule is Cc1c2ccccc2c(-c2ccc3c(c2)sc2ccc(-c4c5ccccc5c(-c5ccccc5)c5ccccc45)cc23)c2ccccc12. The standard InChI is InChI=1S/C47H30S/c1-29-33-15-5-7-17-36(33)47(37-18-8-6-16-34(29)37)32-23-25-35-42-27-31(24-26-43(42)48-44(35)28-32)46-40-21-11-9-19-38(40)45(30-13-3-2-4-14-30)39-20-10-12-22-41(39)46/h2-28H,1H3. The Morgan fingerprint density at radius 2 is 0.708 bits per heavy atom. The van der Waals surface area contributed by atoms with Gasteiger partial charge >= 0.3 is 0 Å². The maximum absolute atomic E-state index is 2.43. The van der Waals surface area contributed by atoms with Crippen molar-refractivity contribution in [1.29, 1.82) is 0 Å². The molecule has 0 aliphatic heterocycles. The first kappa shape index (κ1) is 27.4. The molecule has 0 amide bonds. The summed E-state index contributed by atoms with van der Waals surface area (Å²) < 4.78 is 2.64. The minimum absolute atomic E-state index is 1.25. The van der Waals surface area contributed by atoms with Crippen LogP contribution in [0.4, 0.5) is 0 Å². The van der Waals surface area contributed by atoms with Crippen molar-refractivity contribution in [2.24, 2.45) is 0 Å².